The highest BCUT2D eigenvalue weighted by molar-refractivity contribution is 7.89. The van der Waals surface area contributed by atoms with Gasteiger partial charge in [-0.2, -0.15) is 4.31 Å². The number of hydrogen-bond donors (Lipinski definition) is 1. The lowest BCUT2D eigenvalue weighted by atomic mass is 10.2. The van der Waals surface area contributed by atoms with Crippen LogP contribution in [0.4, 0.5) is 5.69 Å². The third-order valence-electron chi connectivity index (χ3n) is 5.49. The number of benzene rings is 2. The van der Waals surface area contributed by atoms with Crippen LogP contribution in [0.2, 0.25) is 0 Å². The summed E-state index contributed by atoms with van der Waals surface area (Å²) < 4.78 is 34.8. The highest BCUT2D eigenvalue weighted by Gasteiger charge is 2.23. The van der Waals surface area contributed by atoms with Gasteiger partial charge in [0, 0.05) is 32.5 Å². The second-order valence-electron chi connectivity index (χ2n) is 7.49. The Morgan fingerprint density at radius 3 is 2.48 bits per heavy atom. The number of aromatic nitrogens is 2. The fourth-order valence-electron chi connectivity index (χ4n) is 3.87. The van der Waals surface area contributed by atoms with E-state index in [1.165, 1.54) is 4.31 Å². The van der Waals surface area contributed by atoms with Crippen molar-refractivity contribution in [2.45, 2.75) is 52.0 Å². The van der Waals surface area contributed by atoms with E-state index in [4.69, 9.17) is 4.74 Å². The summed E-state index contributed by atoms with van der Waals surface area (Å²) in [4.78, 5) is 17.5. The Morgan fingerprint density at radius 1 is 1.09 bits per heavy atom. The molecule has 0 aliphatic heterocycles. The van der Waals surface area contributed by atoms with Gasteiger partial charge in [-0.15, -0.1) is 0 Å². The van der Waals surface area contributed by atoms with Crippen molar-refractivity contribution in [2.24, 2.45) is 0 Å². The van der Waals surface area contributed by atoms with Crippen molar-refractivity contribution in [3.8, 4) is 5.75 Å². The molecular weight excluding hydrogens is 440 g/mol. The molecule has 0 fully saturated rings. The summed E-state index contributed by atoms with van der Waals surface area (Å²) >= 11 is 0. The third-order valence-corrected chi connectivity index (χ3v) is 7.54. The summed E-state index contributed by atoms with van der Waals surface area (Å²) in [5.41, 5.74) is 2.11. The van der Waals surface area contributed by atoms with E-state index in [1.807, 2.05) is 56.5 Å². The van der Waals surface area contributed by atoms with Crippen LogP contribution < -0.4 is 10.1 Å². The SMILES string of the molecule is CCOc1ccccc1NC(=O)CCc1nc2cc(S(=O)(=O)N(CC)CC)ccc2n1CC. The zero-order valence-electron chi connectivity index (χ0n) is 19.7. The van der Waals surface area contributed by atoms with Crippen molar-refractivity contribution in [3.63, 3.8) is 0 Å². The highest BCUT2D eigenvalue weighted by Crippen LogP contribution is 2.25. The maximum atomic E-state index is 12.9. The molecule has 33 heavy (non-hydrogen) atoms. The van der Waals surface area contributed by atoms with E-state index < -0.39 is 10.0 Å². The van der Waals surface area contributed by atoms with Gasteiger partial charge >= 0.3 is 0 Å². The van der Waals surface area contributed by atoms with E-state index in [9.17, 15) is 13.2 Å². The largest absolute Gasteiger partial charge is 0.492 e. The number of rotatable bonds is 11. The van der Waals surface area contributed by atoms with Crippen LogP contribution in [0.25, 0.3) is 11.0 Å². The van der Waals surface area contributed by atoms with Crippen molar-refractivity contribution in [1.29, 1.82) is 0 Å². The van der Waals surface area contributed by atoms with Crippen LogP contribution in [0, 0.1) is 0 Å². The number of amides is 1. The van der Waals surface area contributed by atoms with Gasteiger partial charge < -0.3 is 14.6 Å². The van der Waals surface area contributed by atoms with Crippen molar-refractivity contribution < 1.29 is 17.9 Å². The number of anilines is 1. The van der Waals surface area contributed by atoms with Crippen molar-refractivity contribution in [3.05, 3.63) is 48.3 Å². The number of imidazole rings is 1. The molecule has 1 amide bonds. The van der Waals surface area contributed by atoms with E-state index in [-0.39, 0.29) is 17.2 Å². The first kappa shape index (κ1) is 24.7. The first-order chi connectivity index (χ1) is 15.8. The molecule has 0 aliphatic carbocycles. The first-order valence-electron chi connectivity index (χ1n) is 11.4. The van der Waals surface area contributed by atoms with E-state index >= 15 is 0 Å². The Morgan fingerprint density at radius 2 is 1.82 bits per heavy atom. The van der Waals surface area contributed by atoms with E-state index in [0.29, 0.717) is 49.6 Å². The summed E-state index contributed by atoms with van der Waals surface area (Å²) in [6.45, 7) is 9.54. The van der Waals surface area contributed by atoms with Crippen LogP contribution in [0.5, 0.6) is 5.75 Å². The summed E-state index contributed by atoms with van der Waals surface area (Å²) in [5, 5.41) is 2.91. The molecule has 0 atom stereocenters. The van der Waals surface area contributed by atoms with Gasteiger partial charge in [-0.3, -0.25) is 4.79 Å². The number of carbonyl (C=O) groups is 1. The molecule has 0 spiro atoms. The van der Waals surface area contributed by atoms with Gasteiger partial charge in [0.25, 0.3) is 0 Å². The topological polar surface area (TPSA) is 93.5 Å². The minimum Gasteiger partial charge on any atom is -0.492 e. The zero-order valence-corrected chi connectivity index (χ0v) is 20.5. The van der Waals surface area contributed by atoms with Gasteiger partial charge in [0.2, 0.25) is 15.9 Å². The fraction of sp³-hybridized carbons (Fsp3) is 0.417. The summed E-state index contributed by atoms with van der Waals surface area (Å²) in [7, 11) is -3.56. The van der Waals surface area contributed by atoms with Gasteiger partial charge in [0.05, 0.1) is 28.2 Å². The van der Waals surface area contributed by atoms with E-state index in [1.54, 1.807) is 18.2 Å². The van der Waals surface area contributed by atoms with Crippen LogP contribution in [-0.4, -0.2) is 47.9 Å². The molecule has 0 radical (unpaired) electrons. The van der Waals surface area contributed by atoms with Crippen molar-refractivity contribution in [2.75, 3.05) is 25.0 Å². The van der Waals surface area contributed by atoms with Crippen LogP contribution >= 0.6 is 0 Å². The molecule has 3 rings (SSSR count). The molecule has 1 heterocycles. The van der Waals surface area contributed by atoms with E-state index in [2.05, 4.69) is 10.3 Å². The second-order valence-corrected chi connectivity index (χ2v) is 9.43. The van der Waals surface area contributed by atoms with Crippen molar-refractivity contribution in [1.82, 2.24) is 13.9 Å². The first-order valence-corrected chi connectivity index (χ1v) is 12.8. The number of sulfonamides is 1. The molecule has 0 aliphatic rings. The molecule has 1 N–H and O–H groups in total. The number of nitrogens with zero attached hydrogens (tertiary/aromatic N) is 3. The van der Waals surface area contributed by atoms with Gasteiger partial charge in [0.15, 0.2) is 0 Å². The quantitative estimate of drug-likeness (QED) is 0.454. The smallest absolute Gasteiger partial charge is 0.243 e. The number of carbonyl (C=O) groups excluding carboxylic acids is 1. The Kier molecular flexibility index (Phi) is 8.10. The van der Waals surface area contributed by atoms with Crippen LogP contribution in [0.15, 0.2) is 47.4 Å². The number of hydrogen-bond acceptors (Lipinski definition) is 5. The number of para-hydroxylation sites is 2. The number of ether oxygens (including phenoxy) is 1. The Bertz CT molecular complexity index is 1220. The minimum absolute atomic E-state index is 0.137. The Hall–Kier alpha value is -2.91. The molecular formula is C24H32N4O4S. The maximum absolute atomic E-state index is 12.9. The third kappa shape index (κ3) is 5.36. The molecule has 0 saturated carbocycles. The molecule has 2 aromatic carbocycles. The highest BCUT2D eigenvalue weighted by atomic mass is 32.2. The molecule has 3 aromatic rings. The van der Waals surface area contributed by atoms with Crippen LogP contribution in [-0.2, 0) is 27.8 Å². The molecule has 9 heteroatoms. The minimum atomic E-state index is -3.56. The zero-order chi connectivity index (χ0) is 24.0. The van der Waals surface area contributed by atoms with Gasteiger partial charge in [-0.05, 0) is 44.2 Å². The summed E-state index contributed by atoms with van der Waals surface area (Å²) in [6, 6.07) is 12.4. The molecule has 0 bridgehead atoms. The van der Waals surface area contributed by atoms with Gasteiger partial charge in [-0.25, -0.2) is 13.4 Å². The lowest BCUT2D eigenvalue weighted by Crippen LogP contribution is -2.30. The number of aryl methyl sites for hydroxylation is 2. The summed E-state index contributed by atoms with van der Waals surface area (Å²) in [6.07, 6.45) is 0.678. The predicted octanol–water partition coefficient (Wildman–Crippen LogP) is 4.06. The predicted molar refractivity (Wildman–Crippen MR) is 130 cm³/mol. The molecule has 178 valence electrons. The maximum Gasteiger partial charge on any atom is 0.243 e. The number of fused-ring (bicyclic) bond motifs is 1. The normalized spacial score (nSPS) is 11.8. The molecule has 1 aromatic heterocycles. The molecule has 0 saturated heterocycles. The second kappa shape index (κ2) is 10.8. The van der Waals surface area contributed by atoms with Crippen molar-refractivity contribution >= 4 is 32.7 Å². The number of nitrogens with one attached hydrogen (secondary N) is 1. The standard InChI is InChI=1S/C24H32N4O4S/c1-5-27(6-2)33(30,31)18-13-14-21-20(17-18)25-23(28(21)7-3)15-16-24(29)26-19-11-9-10-12-22(19)32-8-4/h9-14,17H,5-8,15-16H2,1-4H3,(H,26,29). The monoisotopic (exact) mass is 472 g/mol. The molecule has 8 nitrogen and oxygen atoms in total. The van der Waals surface area contributed by atoms with Crippen LogP contribution in [0.3, 0.4) is 0 Å². The average Bonchev–Trinajstić information content (AvgIpc) is 3.16. The average molecular weight is 473 g/mol. The fourth-order valence-corrected chi connectivity index (χ4v) is 5.34. The lowest BCUT2D eigenvalue weighted by molar-refractivity contribution is -0.116. The van der Waals surface area contributed by atoms with Crippen LogP contribution in [0.1, 0.15) is 39.9 Å². The lowest BCUT2D eigenvalue weighted by Gasteiger charge is -2.18. The van der Waals surface area contributed by atoms with E-state index in [0.717, 1.165) is 11.3 Å². The van der Waals surface area contributed by atoms with Gasteiger partial charge in [-0.1, -0.05) is 26.0 Å². The summed E-state index contributed by atoms with van der Waals surface area (Å²) in [5.74, 6) is 1.25. The Labute approximate surface area is 195 Å². The Balaban J connectivity index is 1.80. The van der Waals surface area contributed by atoms with Gasteiger partial charge in [0.1, 0.15) is 11.6 Å². The molecule has 0 unspecified atom stereocenters.